The maximum atomic E-state index is 11.5. The lowest BCUT2D eigenvalue weighted by Crippen LogP contribution is -2.38. The number of carbonyl (C=O) groups is 1. The number of carboxylic acid groups (broad SMARTS) is 1. The van der Waals surface area contributed by atoms with Crippen LogP contribution in [0.4, 0.5) is 5.69 Å². The highest BCUT2D eigenvalue weighted by atomic mass is 16.5. The molecule has 2 aromatic carbocycles. The second-order valence-electron chi connectivity index (χ2n) is 6.89. The summed E-state index contributed by atoms with van der Waals surface area (Å²) in [5.41, 5.74) is 3.01. The van der Waals surface area contributed by atoms with E-state index in [2.05, 4.69) is 20.2 Å². The number of fused-ring (bicyclic) bond motifs is 1. The summed E-state index contributed by atoms with van der Waals surface area (Å²) in [5, 5.41) is 12.9. The standard InChI is InChI=1S/C21H24N4O4/c1-28-17-7-6-16(21(26)27)18-19(17)24-20(23-18)14-2-4-15(5-3-14)22-8-9-25-10-12-29-13-11-25/h2-7,22H,8-13H2,1H3,(H,23,24)(H,26,27). The van der Waals surface area contributed by atoms with Gasteiger partial charge in [0.15, 0.2) is 0 Å². The van der Waals surface area contributed by atoms with Crippen LogP contribution in [0, 0.1) is 0 Å². The number of methoxy groups -OCH3 is 1. The number of imidazole rings is 1. The minimum atomic E-state index is -1.02. The molecule has 2 heterocycles. The largest absolute Gasteiger partial charge is 0.494 e. The fourth-order valence-electron chi connectivity index (χ4n) is 3.48. The number of nitrogens with zero attached hydrogens (tertiary/aromatic N) is 2. The SMILES string of the molecule is COc1ccc(C(=O)O)c2nc(-c3ccc(NCCN4CCOCC4)cc3)[nH]c12. The van der Waals surface area contributed by atoms with Crippen molar-refractivity contribution in [2.75, 3.05) is 51.8 Å². The molecule has 0 unspecified atom stereocenters. The van der Waals surface area contributed by atoms with Crippen LogP contribution in [-0.4, -0.2) is 72.4 Å². The van der Waals surface area contributed by atoms with E-state index in [0.717, 1.165) is 50.6 Å². The van der Waals surface area contributed by atoms with Crippen molar-refractivity contribution in [1.29, 1.82) is 0 Å². The number of aromatic amines is 1. The molecular formula is C21H24N4O4. The van der Waals surface area contributed by atoms with Gasteiger partial charge in [0, 0.05) is 37.4 Å². The number of benzene rings is 2. The number of aromatic nitrogens is 2. The van der Waals surface area contributed by atoms with E-state index in [1.165, 1.54) is 6.07 Å². The van der Waals surface area contributed by atoms with Gasteiger partial charge >= 0.3 is 5.97 Å². The van der Waals surface area contributed by atoms with Gasteiger partial charge in [-0.3, -0.25) is 4.90 Å². The zero-order chi connectivity index (χ0) is 20.2. The van der Waals surface area contributed by atoms with E-state index in [4.69, 9.17) is 9.47 Å². The third kappa shape index (κ3) is 4.18. The number of nitrogens with one attached hydrogen (secondary N) is 2. The third-order valence-electron chi connectivity index (χ3n) is 5.08. The molecule has 4 rings (SSSR count). The van der Waals surface area contributed by atoms with Gasteiger partial charge in [-0.05, 0) is 36.4 Å². The van der Waals surface area contributed by atoms with Crippen LogP contribution in [0.2, 0.25) is 0 Å². The van der Waals surface area contributed by atoms with Gasteiger partial charge in [0.1, 0.15) is 22.6 Å². The Kier molecular flexibility index (Phi) is 5.64. The number of ether oxygens (including phenoxy) is 2. The third-order valence-corrected chi connectivity index (χ3v) is 5.08. The number of carboxylic acids is 1. The van der Waals surface area contributed by atoms with Crippen LogP contribution >= 0.6 is 0 Å². The van der Waals surface area contributed by atoms with E-state index in [0.29, 0.717) is 22.6 Å². The van der Waals surface area contributed by atoms with Crippen molar-refractivity contribution < 1.29 is 19.4 Å². The average molecular weight is 396 g/mol. The van der Waals surface area contributed by atoms with Crippen LogP contribution in [-0.2, 0) is 4.74 Å². The van der Waals surface area contributed by atoms with Gasteiger partial charge in [-0.25, -0.2) is 9.78 Å². The topological polar surface area (TPSA) is 99.7 Å². The lowest BCUT2D eigenvalue weighted by atomic mass is 10.2. The molecule has 29 heavy (non-hydrogen) atoms. The summed E-state index contributed by atoms with van der Waals surface area (Å²) in [7, 11) is 1.55. The van der Waals surface area contributed by atoms with E-state index in [-0.39, 0.29) is 5.56 Å². The second kappa shape index (κ2) is 8.50. The van der Waals surface area contributed by atoms with Gasteiger partial charge < -0.3 is 24.9 Å². The molecule has 0 bridgehead atoms. The van der Waals surface area contributed by atoms with Gasteiger partial charge in [-0.15, -0.1) is 0 Å². The minimum Gasteiger partial charge on any atom is -0.494 e. The van der Waals surface area contributed by atoms with Crippen LogP contribution in [0.1, 0.15) is 10.4 Å². The van der Waals surface area contributed by atoms with E-state index in [1.807, 2.05) is 24.3 Å². The van der Waals surface area contributed by atoms with Gasteiger partial charge in [-0.2, -0.15) is 0 Å². The van der Waals surface area contributed by atoms with E-state index in [1.54, 1.807) is 13.2 Å². The first-order valence-electron chi connectivity index (χ1n) is 9.60. The normalized spacial score (nSPS) is 14.8. The van der Waals surface area contributed by atoms with E-state index >= 15 is 0 Å². The number of H-pyrrole nitrogens is 1. The maximum Gasteiger partial charge on any atom is 0.337 e. The molecule has 0 atom stereocenters. The fraction of sp³-hybridized carbons (Fsp3) is 0.333. The molecule has 0 amide bonds. The van der Waals surface area contributed by atoms with Crippen LogP contribution in [0.25, 0.3) is 22.4 Å². The van der Waals surface area contributed by atoms with E-state index in [9.17, 15) is 9.90 Å². The minimum absolute atomic E-state index is 0.143. The van der Waals surface area contributed by atoms with Gasteiger partial charge in [-0.1, -0.05) is 0 Å². The van der Waals surface area contributed by atoms with Crippen LogP contribution in [0.15, 0.2) is 36.4 Å². The van der Waals surface area contributed by atoms with Crippen LogP contribution < -0.4 is 10.1 Å². The molecule has 3 N–H and O–H groups in total. The summed E-state index contributed by atoms with van der Waals surface area (Å²) in [6, 6.07) is 11.1. The molecule has 1 aliphatic heterocycles. The summed E-state index contributed by atoms with van der Waals surface area (Å²) in [5.74, 6) is 0.146. The Labute approximate surface area is 168 Å². The summed E-state index contributed by atoms with van der Waals surface area (Å²) >= 11 is 0. The zero-order valence-corrected chi connectivity index (χ0v) is 16.3. The lowest BCUT2D eigenvalue weighted by molar-refractivity contribution is 0.0398. The Morgan fingerprint density at radius 3 is 2.69 bits per heavy atom. The van der Waals surface area contributed by atoms with Crippen molar-refractivity contribution in [2.45, 2.75) is 0 Å². The van der Waals surface area contributed by atoms with Crippen molar-refractivity contribution in [3.8, 4) is 17.1 Å². The van der Waals surface area contributed by atoms with Crippen molar-refractivity contribution in [3.63, 3.8) is 0 Å². The van der Waals surface area contributed by atoms with Gasteiger partial charge in [0.05, 0.1) is 25.9 Å². The van der Waals surface area contributed by atoms with Crippen LogP contribution in [0.5, 0.6) is 5.75 Å². The molecule has 0 saturated carbocycles. The highest BCUT2D eigenvalue weighted by molar-refractivity contribution is 6.03. The lowest BCUT2D eigenvalue weighted by Gasteiger charge is -2.26. The van der Waals surface area contributed by atoms with Gasteiger partial charge in [0.2, 0.25) is 0 Å². The van der Waals surface area contributed by atoms with Gasteiger partial charge in [0.25, 0.3) is 0 Å². The summed E-state index contributed by atoms with van der Waals surface area (Å²) in [4.78, 5) is 21.6. The van der Waals surface area contributed by atoms with Crippen molar-refractivity contribution in [1.82, 2.24) is 14.9 Å². The first-order chi connectivity index (χ1) is 14.2. The maximum absolute atomic E-state index is 11.5. The quantitative estimate of drug-likeness (QED) is 0.565. The number of hydrogen-bond donors (Lipinski definition) is 3. The van der Waals surface area contributed by atoms with Crippen molar-refractivity contribution in [3.05, 3.63) is 42.0 Å². The highest BCUT2D eigenvalue weighted by Crippen LogP contribution is 2.30. The molecule has 0 aliphatic carbocycles. The molecule has 0 spiro atoms. The Morgan fingerprint density at radius 1 is 1.24 bits per heavy atom. The molecule has 8 nitrogen and oxygen atoms in total. The Hall–Kier alpha value is -3.10. The molecule has 1 saturated heterocycles. The Balaban J connectivity index is 1.49. The number of anilines is 1. The summed E-state index contributed by atoms with van der Waals surface area (Å²) in [6.07, 6.45) is 0. The van der Waals surface area contributed by atoms with Crippen molar-refractivity contribution >= 4 is 22.7 Å². The number of rotatable bonds is 7. The summed E-state index contributed by atoms with van der Waals surface area (Å²) < 4.78 is 10.7. The molecule has 1 fully saturated rings. The molecule has 1 aliphatic rings. The zero-order valence-electron chi connectivity index (χ0n) is 16.3. The molecule has 8 heteroatoms. The predicted molar refractivity (Wildman–Crippen MR) is 111 cm³/mol. The molecule has 152 valence electrons. The smallest absolute Gasteiger partial charge is 0.337 e. The monoisotopic (exact) mass is 396 g/mol. The average Bonchev–Trinajstić information content (AvgIpc) is 3.19. The highest BCUT2D eigenvalue weighted by Gasteiger charge is 2.17. The molecular weight excluding hydrogens is 372 g/mol. The molecule has 0 radical (unpaired) electrons. The summed E-state index contributed by atoms with van der Waals surface area (Å²) in [6.45, 7) is 5.42. The molecule has 3 aromatic rings. The predicted octanol–water partition coefficient (Wildman–Crippen LogP) is 2.68. The van der Waals surface area contributed by atoms with Crippen LogP contribution in [0.3, 0.4) is 0 Å². The van der Waals surface area contributed by atoms with E-state index < -0.39 is 5.97 Å². The number of aromatic carboxylic acids is 1. The first kappa shape index (κ1) is 19.2. The Morgan fingerprint density at radius 2 is 2.00 bits per heavy atom. The fourth-order valence-corrected chi connectivity index (χ4v) is 3.48. The second-order valence-corrected chi connectivity index (χ2v) is 6.89. The van der Waals surface area contributed by atoms with Crippen molar-refractivity contribution in [2.24, 2.45) is 0 Å². The molecule has 1 aromatic heterocycles. The number of hydrogen-bond acceptors (Lipinski definition) is 6. The Bertz CT molecular complexity index is 994. The first-order valence-corrected chi connectivity index (χ1v) is 9.60. The number of morpholine rings is 1.